The zero-order valence-corrected chi connectivity index (χ0v) is 13.7. The van der Waals surface area contributed by atoms with Gasteiger partial charge in [-0.3, -0.25) is 11.3 Å². The molecule has 1 aromatic rings. The highest BCUT2D eigenvalue weighted by Crippen LogP contribution is 2.43. The summed E-state index contributed by atoms with van der Waals surface area (Å²) in [5.74, 6) is 6.65. The molecule has 1 aromatic carbocycles. The van der Waals surface area contributed by atoms with Crippen LogP contribution in [0.25, 0.3) is 0 Å². The minimum Gasteiger partial charge on any atom is -0.373 e. The molecule has 0 aliphatic heterocycles. The molecule has 3 heteroatoms. The Morgan fingerprint density at radius 2 is 2.24 bits per heavy atom. The fourth-order valence-electron chi connectivity index (χ4n) is 3.85. The quantitative estimate of drug-likeness (QED) is 0.620. The van der Waals surface area contributed by atoms with Gasteiger partial charge in [0.15, 0.2) is 0 Å². The Hall–Kier alpha value is -0.900. The minimum absolute atomic E-state index is 0.0618. The van der Waals surface area contributed by atoms with Gasteiger partial charge >= 0.3 is 0 Å². The minimum atomic E-state index is -0.173. The molecule has 0 aromatic heterocycles. The number of nitrogens with one attached hydrogen (secondary N) is 1. The predicted molar refractivity (Wildman–Crippen MR) is 87.9 cm³/mol. The maximum atomic E-state index is 6.28. The van der Waals surface area contributed by atoms with E-state index in [4.69, 9.17) is 10.6 Å². The number of rotatable bonds is 6. The van der Waals surface area contributed by atoms with Crippen molar-refractivity contribution < 1.29 is 4.74 Å². The van der Waals surface area contributed by atoms with Gasteiger partial charge in [0.05, 0.1) is 11.6 Å². The van der Waals surface area contributed by atoms with Gasteiger partial charge in [0, 0.05) is 6.61 Å². The second kappa shape index (κ2) is 7.39. The Bertz CT molecular complexity index is 445. The van der Waals surface area contributed by atoms with Crippen LogP contribution in [0.2, 0.25) is 0 Å². The molecular formula is C18H30N2O. The van der Waals surface area contributed by atoms with E-state index in [1.165, 1.54) is 24.0 Å². The van der Waals surface area contributed by atoms with E-state index < -0.39 is 0 Å². The van der Waals surface area contributed by atoms with Crippen molar-refractivity contribution in [2.45, 2.75) is 64.5 Å². The van der Waals surface area contributed by atoms with Crippen molar-refractivity contribution in [2.24, 2.45) is 11.8 Å². The summed E-state index contributed by atoms with van der Waals surface area (Å²) in [5, 5.41) is 0. The lowest BCUT2D eigenvalue weighted by molar-refractivity contribution is -0.102. The lowest BCUT2D eigenvalue weighted by atomic mass is 9.72. The molecule has 0 spiro atoms. The molecule has 1 aliphatic carbocycles. The number of hydrogen-bond donors (Lipinski definition) is 2. The van der Waals surface area contributed by atoms with Crippen molar-refractivity contribution in [1.82, 2.24) is 5.43 Å². The second-order valence-electron chi connectivity index (χ2n) is 6.40. The number of benzene rings is 1. The van der Waals surface area contributed by atoms with Gasteiger partial charge in [-0.2, -0.15) is 0 Å². The van der Waals surface area contributed by atoms with Crippen molar-refractivity contribution in [2.75, 3.05) is 6.61 Å². The first-order valence-electron chi connectivity index (χ1n) is 8.34. The number of hydrogen-bond acceptors (Lipinski definition) is 3. The van der Waals surface area contributed by atoms with Crippen LogP contribution in [0.4, 0.5) is 0 Å². The van der Waals surface area contributed by atoms with Crippen molar-refractivity contribution in [1.29, 1.82) is 0 Å². The van der Waals surface area contributed by atoms with Crippen LogP contribution in [0, 0.1) is 5.92 Å². The number of nitrogens with two attached hydrogens (primary N) is 1. The van der Waals surface area contributed by atoms with Gasteiger partial charge in [-0.05, 0) is 43.2 Å². The molecule has 118 valence electrons. The lowest BCUT2D eigenvalue weighted by Crippen LogP contribution is -2.51. The topological polar surface area (TPSA) is 47.3 Å². The third kappa shape index (κ3) is 3.65. The van der Waals surface area contributed by atoms with Gasteiger partial charge < -0.3 is 4.74 Å². The van der Waals surface area contributed by atoms with E-state index in [0.717, 1.165) is 25.9 Å². The first kappa shape index (κ1) is 16.5. The van der Waals surface area contributed by atoms with E-state index in [2.05, 4.69) is 50.5 Å². The van der Waals surface area contributed by atoms with Gasteiger partial charge in [0.2, 0.25) is 0 Å². The van der Waals surface area contributed by atoms with Crippen LogP contribution in [0.3, 0.4) is 0 Å². The van der Waals surface area contributed by atoms with Gasteiger partial charge in [-0.1, -0.05) is 51.0 Å². The normalized spacial score (nSPS) is 27.5. The summed E-state index contributed by atoms with van der Waals surface area (Å²) in [7, 11) is 0. The summed E-state index contributed by atoms with van der Waals surface area (Å²) >= 11 is 0. The molecule has 3 unspecified atom stereocenters. The molecule has 1 aliphatic rings. The van der Waals surface area contributed by atoms with Crippen molar-refractivity contribution >= 4 is 0 Å². The molecular weight excluding hydrogens is 260 g/mol. The predicted octanol–water partition coefficient (Wildman–Crippen LogP) is 3.74. The number of aryl methyl sites for hydroxylation is 1. The van der Waals surface area contributed by atoms with Crippen LogP contribution in [-0.4, -0.2) is 12.2 Å². The SMILES string of the molecule is CCOC1(C(NN)c2cccc(CC)c2)CCCC(C)C1. The molecule has 1 saturated carbocycles. The summed E-state index contributed by atoms with van der Waals surface area (Å²) in [6, 6.07) is 8.80. The Balaban J connectivity index is 2.34. The van der Waals surface area contributed by atoms with E-state index in [1.807, 2.05) is 0 Å². The lowest BCUT2D eigenvalue weighted by Gasteiger charge is -2.45. The Morgan fingerprint density at radius 1 is 1.43 bits per heavy atom. The summed E-state index contributed by atoms with van der Waals surface area (Å²) in [6.07, 6.45) is 5.71. The first-order chi connectivity index (χ1) is 10.1. The molecule has 0 saturated heterocycles. The maximum absolute atomic E-state index is 6.28. The largest absolute Gasteiger partial charge is 0.373 e. The summed E-state index contributed by atoms with van der Waals surface area (Å²) in [5.41, 5.74) is 5.49. The summed E-state index contributed by atoms with van der Waals surface area (Å²) in [4.78, 5) is 0. The fraction of sp³-hybridized carbons (Fsp3) is 0.667. The van der Waals surface area contributed by atoms with Crippen LogP contribution in [0.1, 0.15) is 63.6 Å². The van der Waals surface area contributed by atoms with E-state index in [1.54, 1.807) is 0 Å². The summed E-state index contributed by atoms with van der Waals surface area (Å²) in [6.45, 7) is 7.32. The van der Waals surface area contributed by atoms with Crippen molar-refractivity contribution in [3.05, 3.63) is 35.4 Å². The van der Waals surface area contributed by atoms with E-state index >= 15 is 0 Å². The highest BCUT2D eigenvalue weighted by Gasteiger charge is 2.43. The molecule has 2 rings (SSSR count). The third-order valence-corrected chi connectivity index (χ3v) is 4.81. The average Bonchev–Trinajstić information content (AvgIpc) is 2.48. The van der Waals surface area contributed by atoms with Gasteiger partial charge in [-0.25, -0.2) is 0 Å². The average molecular weight is 290 g/mol. The van der Waals surface area contributed by atoms with E-state index in [-0.39, 0.29) is 11.6 Å². The molecule has 0 amide bonds. The molecule has 0 radical (unpaired) electrons. The van der Waals surface area contributed by atoms with E-state index in [9.17, 15) is 0 Å². The standard InChI is InChI=1S/C18H30N2O/c1-4-15-9-6-10-16(12-15)17(20-19)18(21-5-2)11-7-8-14(3)13-18/h6,9-10,12,14,17,20H,4-5,7-8,11,13,19H2,1-3H3. The Morgan fingerprint density at radius 3 is 2.86 bits per heavy atom. The molecule has 3 atom stereocenters. The molecule has 21 heavy (non-hydrogen) atoms. The van der Waals surface area contributed by atoms with Crippen LogP contribution in [-0.2, 0) is 11.2 Å². The van der Waals surface area contributed by atoms with Crippen LogP contribution in [0.5, 0.6) is 0 Å². The van der Waals surface area contributed by atoms with Crippen LogP contribution < -0.4 is 11.3 Å². The molecule has 3 N–H and O–H groups in total. The maximum Gasteiger partial charge on any atom is 0.0891 e. The second-order valence-corrected chi connectivity index (χ2v) is 6.40. The summed E-state index contributed by atoms with van der Waals surface area (Å²) < 4.78 is 6.28. The highest BCUT2D eigenvalue weighted by atomic mass is 16.5. The smallest absolute Gasteiger partial charge is 0.0891 e. The van der Waals surface area contributed by atoms with Crippen LogP contribution in [0.15, 0.2) is 24.3 Å². The Kier molecular flexibility index (Phi) is 5.80. The van der Waals surface area contributed by atoms with Crippen molar-refractivity contribution in [3.8, 4) is 0 Å². The van der Waals surface area contributed by atoms with Crippen molar-refractivity contribution in [3.63, 3.8) is 0 Å². The zero-order chi connectivity index (χ0) is 15.3. The molecule has 0 heterocycles. The van der Waals surface area contributed by atoms with Gasteiger partial charge in [0.25, 0.3) is 0 Å². The van der Waals surface area contributed by atoms with E-state index in [0.29, 0.717) is 5.92 Å². The number of ether oxygens (including phenoxy) is 1. The highest BCUT2D eigenvalue weighted by molar-refractivity contribution is 5.28. The Labute approximate surface area is 129 Å². The molecule has 3 nitrogen and oxygen atoms in total. The first-order valence-corrected chi connectivity index (χ1v) is 8.34. The van der Waals surface area contributed by atoms with Gasteiger partial charge in [0.1, 0.15) is 0 Å². The monoisotopic (exact) mass is 290 g/mol. The number of hydrazine groups is 1. The van der Waals surface area contributed by atoms with Gasteiger partial charge in [-0.15, -0.1) is 0 Å². The molecule has 1 fully saturated rings. The third-order valence-electron chi connectivity index (χ3n) is 4.81. The fourth-order valence-corrected chi connectivity index (χ4v) is 3.85. The van der Waals surface area contributed by atoms with Crippen LogP contribution >= 0.6 is 0 Å². The zero-order valence-electron chi connectivity index (χ0n) is 13.7. The molecule has 0 bridgehead atoms.